The second-order valence-electron chi connectivity index (χ2n) is 5.82. The van der Waals surface area contributed by atoms with Gasteiger partial charge in [-0.25, -0.2) is 9.97 Å². The van der Waals surface area contributed by atoms with E-state index in [0.717, 1.165) is 5.82 Å². The molecule has 1 saturated heterocycles. The van der Waals surface area contributed by atoms with E-state index in [9.17, 15) is 5.11 Å². The average molecular weight is 334 g/mol. The number of aliphatic hydroxyl groups excluding tert-OH is 1. The number of aliphatic hydroxyl groups is 1. The van der Waals surface area contributed by atoms with Crippen LogP contribution in [0.2, 0.25) is 0 Å². The Morgan fingerprint density at radius 1 is 1.38 bits per heavy atom. The van der Waals surface area contributed by atoms with Crippen LogP contribution in [-0.4, -0.2) is 69.1 Å². The van der Waals surface area contributed by atoms with Crippen LogP contribution in [-0.2, 0) is 6.54 Å². The van der Waals surface area contributed by atoms with Gasteiger partial charge in [-0.2, -0.15) is 0 Å². The monoisotopic (exact) mass is 334 g/mol. The van der Waals surface area contributed by atoms with Crippen molar-refractivity contribution < 1.29 is 14.3 Å². The normalized spacial score (nSPS) is 20.8. The summed E-state index contributed by atoms with van der Waals surface area (Å²) in [7, 11) is 1.93. The molecule has 0 radical (unpaired) electrons. The maximum Gasteiger partial charge on any atom is 0.230 e. The Bertz CT molecular complexity index is 679. The first-order valence-electron chi connectivity index (χ1n) is 7.94. The fourth-order valence-corrected chi connectivity index (χ4v) is 2.85. The van der Waals surface area contributed by atoms with Crippen LogP contribution in [0.3, 0.4) is 0 Å². The van der Waals surface area contributed by atoms with Crippen molar-refractivity contribution in [1.82, 2.24) is 25.1 Å². The lowest BCUT2D eigenvalue weighted by atomic mass is 10.2. The highest BCUT2D eigenvalue weighted by atomic mass is 16.5. The molecule has 24 heavy (non-hydrogen) atoms. The van der Waals surface area contributed by atoms with Crippen LogP contribution in [0.4, 0.5) is 5.82 Å². The van der Waals surface area contributed by atoms with Crippen molar-refractivity contribution in [3.05, 3.63) is 24.2 Å². The van der Waals surface area contributed by atoms with E-state index in [2.05, 4.69) is 20.2 Å². The number of anilines is 1. The number of β-amino-alcohol motifs (C(OH)–C–C–N with tert-alkyl or cyclic N) is 1. The Balaban J connectivity index is 1.66. The van der Waals surface area contributed by atoms with Gasteiger partial charge in [0.05, 0.1) is 25.3 Å². The van der Waals surface area contributed by atoms with Gasteiger partial charge in [-0.15, -0.1) is 10.2 Å². The minimum Gasteiger partial charge on any atom is -0.478 e. The van der Waals surface area contributed by atoms with Crippen molar-refractivity contribution in [2.45, 2.75) is 32.5 Å². The standard InChI is InChI=1S/C15H22N6O3/c1-4-23-14-5-13(16-9-17-14)21-6-11(12(22)7-21)20(3)8-15-19-18-10(2)24-15/h5,9,11-12,22H,4,6-8H2,1-3H3/t11-,12+/m0/s1. The first kappa shape index (κ1) is 16.6. The Hall–Kier alpha value is -2.26. The minimum absolute atomic E-state index is 0.0530. The first-order chi connectivity index (χ1) is 11.6. The van der Waals surface area contributed by atoms with Crippen LogP contribution >= 0.6 is 0 Å². The predicted octanol–water partition coefficient (Wildman–Crippen LogP) is 0.248. The van der Waals surface area contributed by atoms with Crippen LogP contribution in [0.25, 0.3) is 0 Å². The summed E-state index contributed by atoms with van der Waals surface area (Å²) in [6.45, 7) is 5.85. The molecule has 0 spiro atoms. The van der Waals surface area contributed by atoms with Crippen molar-refractivity contribution in [2.75, 3.05) is 31.6 Å². The second-order valence-corrected chi connectivity index (χ2v) is 5.82. The van der Waals surface area contributed by atoms with Crippen LogP contribution < -0.4 is 9.64 Å². The van der Waals surface area contributed by atoms with E-state index < -0.39 is 6.10 Å². The highest BCUT2D eigenvalue weighted by Gasteiger charge is 2.35. The summed E-state index contributed by atoms with van der Waals surface area (Å²) in [4.78, 5) is 12.4. The molecule has 1 aliphatic rings. The highest BCUT2D eigenvalue weighted by molar-refractivity contribution is 5.43. The van der Waals surface area contributed by atoms with Crippen molar-refractivity contribution >= 4 is 5.82 Å². The Kier molecular flexibility index (Phi) is 4.91. The van der Waals surface area contributed by atoms with Gasteiger partial charge in [-0.1, -0.05) is 0 Å². The van der Waals surface area contributed by atoms with Gasteiger partial charge >= 0.3 is 0 Å². The van der Waals surface area contributed by atoms with Crippen molar-refractivity contribution in [2.24, 2.45) is 0 Å². The summed E-state index contributed by atoms with van der Waals surface area (Å²) < 4.78 is 10.8. The maximum absolute atomic E-state index is 10.4. The summed E-state index contributed by atoms with van der Waals surface area (Å²) in [5.74, 6) is 2.37. The van der Waals surface area contributed by atoms with Gasteiger partial charge in [0.15, 0.2) is 0 Å². The molecule has 0 unspecified atom stereocenters. The molecule has 3 heterocycles. The van der Waals surface area contributed by atoms with Crippen molar-refractivity contribution in [3.63, 3.8) is 0 Å². The number of hydrogen-bond acceptors (Lipinski definition) is 9. The second kappa shape index (κ2) is 7.10. The molecule has 1 N–H and O–H groups in total. The molecule has 0 aromatic carbocycles. The summed E-state index contributed by atoms with van der Waals surface area (Å²) in [5.41, 5.74) is 0. The molecule has 1 fully saturated rings. The van der Waals surface area contributed by atoms with E-state index in [1.54, 1.807) is 13.0 Å². The number of likely N-dealkylation sites (N-methyl/N-ethyl adjacent to an activating group) is 1. The van der Waals surface area contributed by atoms with Crippen LogP contribution in [0.1, 0.15) is 18.7 Å². The lowest BCUT2D eigenvalue weighted by Gasteiger charge is -2.25. The zero-order valence-corrected chi connectivity index (χ0v) is 14.1. The summed E-state index contributed by atoms with van der Waals surface area (Å²) >= 11 is 0. The molecule has 0 bridgehead atoms. The van der Waals surface area contributed by atoms with E-state index in [1.807, 2.05) is 23.8 Å². The fraction of sp³-hybridized carbons (Fsp3) is 0.600. The lowest BCUT2D eigenvalue weighted by Crippen LogP contribution is -2.40. The molecule has 3 rings (SSSR count). The largest absolute Gasteiger partial charge is 0.478 e. The Labute approximate surface area is 140 Å². The van der Waals surface area contributed by atoms with Crippen LogP contribution in [0.5, 0.6) is 5.88 Å². The number of ether oxygens (including phenoxy) is 1. The van der Waals surface area contributed by atoms with E-state index in [0.29, 0.717) is 43.9 Å². The fourth-order valence-electron chi connectivity index (χ4n) is 2.85. The summed E-state index contributed by atoms with van der Waals surface area (Å²) in [6, 6.07) is 1.74. The van der Waals surface area contributed by atoms with Gasteiger partial charge in [-0.05, 0) is 14.0 Å². The van der Waals surface area contributed by atoms with Gasteiger partial charge < -0.3 is 19.2 Å². The SMILES string of the molecule is CCOc1cc(N2C[C@@H](O)[C@@H](N(C)Cc3nnc(C)o3)C2)ncn1. The van der Waals surface area contributed by atoms with Gasteiger partial charge in [0.2, 0.25) is 17.7 Å². The van der Waals surface area contributed by atoms with Crippen LogP contribution in [0.15, 0.2) is 16.8 Å². The third-order valence-electron chi connectivity index (χ3n) is 4.02. The van der Waals surface area contributed by atoms with Crippen molar-refractivity contribution in [3.8, 4) is 5.88 Å². The van der Waals surface area contributed by atoms with E-state index in [4.69, 9.17) is 9.15 Å². The zero-order chi connectivity index (χ0) is 17.1. The number of aromatic nitrogens is 4. The summed E-state index contributed by atoms with van der Waals surface area (Å²) in [5, 5.41) is 18.3. The maximum atomic E-state index is 10.4. The highest BCUT2D eigenvalue weighted by Crippen LogP contribution is 2.24. The molecule has 9 nitrogen and oxygen atoms in total. The first-order valence-corrected chi connectivity index (χ1v) is 7.94. The third kappa shape index (κ3) is 3.62. The molecule has 9 heteroatoms. The molecule has 2 aromatic heterocycles. The van der Waals surface area contributed by atoms with E-state index >= 15 is 0 Å². The number of rotatable bonds is 6. The quantitative estimate of drug-likeness (QED) is 0.796. The van der Waals surface area contributed by atoms with Crippen molar-refractivity contribution in [1.29, 1.82) is 0 Å². The van der Waals surface area contributed by atoms with Gasteiger partial charge in [0.25, 0.3) is 0 Å². The minimum atomic E-state index is -0.496. The molecular formula is C15H22N6O3. The number of hydrogen-bond donors (Lipinski definition) is 1. The van der Waals surface area contributed by atoms with E-state index in [-0.39, 0.29) is 6.04 Å². The zero-order valence-electron chi connectivity index (χ0n) is 14.1. The molecule has 130 valence electrons. The number of nitrogens with zero attached hydrogens (tertiary/aromatic N) is 6. The topological polar surface area (TPSA) is 101 Å². The molecule has 0 saturated carbocycles. The van der Waals surface area contributed by atoms with Gasteiger partial charge in [0, 0.05) is 26.1 Å². The van der Waals surface area contributed by atoms with Gasteiger partial charge in [0.1, 0.15) is 12.1 Å². The van der Waals surface area contributed by atoms with Gasteiger partial charge in [-0.3, -0.25) is 4.90 Å². The van der Waals surface area contributed by atoms with E-state index in [1.165, 1.54) is 6.33 Å². The molecule has 1 aliphatic heterocycles. The Morgan fingerprint density at radius 2 is 2.21 bits per heavy atom. The van der Waals surface area contributed by atoms with Crippen LogP contribution in [0, 0.1) is 6.92 Å². The molecular weight excluding hydrogens is 312 g/mol. The number of aryl methyl sites for hydroxylation is 1. The lowest BCUT2D eigenvalue weighted by molar-refractivity contribution is 0.0903. The Morgan fingerprint density at radius 3 is 2.92 bits per heavy atom. The smallest absolute Gasteiger partial charge is 0.230 e. The predicted molar refractivity (Wildman–Crippen MR) is 85.7 cm³/mol. The molecule has 0 amide bonds. The third-order valence-corrected chi connectivity index (χ3v) is 4.02. The molecule has 2 aromatic rings. The molecule has 0 aliphatic carbocycles. The molecule has 2 atom stereocenters. The summed E-state index contributed by atoms with van der Waals surface area (Å²) in [6.07, 6.45) is 0.981. The average Bonchev–Trinajstić information content (AvgIpc) is 3.14.